The topological polar surface area (TPSA) is 81.2 Å². The maximum absolute atomic E-state index is 13.3. The van der Waals surface area contributed by atoms with Crippen LogP contribution < -0.4 is 0 Å². The SMILES string of the molecule is CN(C)C(=O)C1CCCN(C(=O)C2CCCN2C(=O)c2ccc3ccccc3c2O)C1. The van der Waals surface area contributed by atoms with Crippen LogP contribution in [0.15, 0.2) is 36.4 Å². The summed E-state index contributed by atoms with van der Waals surface area (Å²) in [5, 5.41) is 12.2. The maximum atomic E-state index is 13.3. The number of carbonyl (C=O) groups excluding carboxylic acids is 3. The van der Waals surface area contributed by atoms with Gasteiger partial charge in [0.1, 0.15) is 11.8 Å². The van der Waals surface area contributed by atoms with E-state index in [1.54, 1.807) is 40.9 Å². The van der Waals surface area contributed by atoms with Crippen LogP contribution >= 0.6 is 0 Å². The van der Waals surface area contributed by atoms with Crippen LogP contribution in [0.2, 0.25) is 0 Å². The second-order valence-electron chi connectivity index (χ2n) is 8.70. The average Bonchev–Trinajstić information content (AvgIpc) is 3.28. The van der Waals surface area contributed by atoms with Crippen LogP contribution in [0.5, 0.6) is 5.75 Å². The molecule has 164 valence electrons. The van der Waals surface area contributed by atoms with Gasteiger partial charge in [0.2, 0.25) is 11.8 Å². The molecule has 0 spiro atoms. The number of nitrogens with zero attached hydrogens (tertiary/aromatic N) is 3. The molecule has 2 atom stereocenters. The minimum atomic E-state index is -0.549. The molecule has 31 heavy (non-hydrogen) atoms. The van der Waals surface area contributed by atoms with Crippen LogP contribution in [0.3, 0.4) is 0 Å². The van der Waals surface area contributed by atoms with E-state index in [0.717, 1.165) is 24.6 Å². The molecule has 2 saturated heterocycles. The Morgan fingerprint density at radius 3 is 2.52 bits per heavy atom. The molecular weight excluding hydrogens is 394 g/mol. The van der Waals surface area contributed by atoms with E-state index in [1.165, 1.54) is 0 Å². The summed E-state index contributed by atoms with van der Waals surface area (Å²) in [5.41, 5.74) is 0.220. The molecule has 2 aliphatic heterocycles. The van der Waals surface area contributed by atoms with E-state index >= 15 is 0 Å². The predicted octanol–water partition coefficient (Wildman–Crippen LogP) is 2.48. The monoisotopic (exact) mass is 423 g/mol. The van der Waals surface area contributed by atoms with Crippen molar-refractivity contribution in [1.29, 1.82) is 0 Å². The zero-order chi connectivity index (χ0) is 22.1. The Labute approximate surface area is 182 Å². The molecule has 3 amide bonds. The standard InChI is InChI=1S/C24H29N3O4/c1-25(2)22(29)17-8-5-13-26(15-17)24(31)20-10-6-14-27(20)23(30)19-12-11-16-7-3-4-9-18(16)21(19)28/h3-4,7,9,11-12,17,20,28H,5-6,8,10,13-15H2,1-2H3. The largest absolute Gasteiger partial charge is 0.506 e. The van der Waals surface area contributed by atoms with Crippen LogP contribution in [0.25, 0.3) is 10.8 Å². The number of hydrogen-bond donors (Lipinski definition) is 1. The van der Waals surface area contributed by atoms with Crippen LogP contribution in [0.1, 0.15) is 36.0 Å². The van der Waals surface area contributed by atoms with E-state index < -0.39 is 6.04 Å². The first-order valence-corrected chi connectivity index (χ1v) is 10.9. The van der Waals surface area contributed by atoms with Crippen molar-refractivity contribution in [3.05, 3.63) is 42.0 Å². The van der Waals surface area contributed by atoms with E-state index in [0.29, 0.717) is 31.4 Å². The second-order valence-corrected chi connectivity index (χ2v) is 8.70. The lowest BCUT2D eigenvalue weighted by Gasteiger charge is -2.36. The van der Waals surface area contributed by atoms with Crippen LogP contribution in [-0.4, -0.2) is 77.3 Å². The molecule has 2 fully saturated rings. The van der Waals surface area contributed by atoms with E-state index in [2.05, 4.69) is 0 Å². The molecule has 0 bridgehead atoms. The van der Waals surface area contributed by atoms with Gasteiger partial charge in [-0.1, -0.05) is 30.3 Å². The van der Waals surface area contributed by atoms with Gasteiger partial charge in [0.05, 0.1) is 11.5 Å². The summed E-state index contributed by atoms with van der Waals surface area (Å²) < 4.78 is 0. The Morgan fingerprint density at radius 1 is 1.00 bits per heavy atom. The summed E-state index contributed by atoms with van der Waals surface area (Å²) in [5.74, 6) is -0.615. The van der Waals surface area contributed by atoms with Crippen molar-refractivity contribution >= 4 is 28.5 Å². The highest BCUT2D eigenvalue weighted by atomic mass is 16.3. The molecule has 0 aliphatic carbocycles. The van der Waals surface area contributed by atoms with Gasteiger partial charge in [-0.15, -0.1) is 0 Å². The first-order valence-electron chi connectivity index (χ1n) is 10.9. The van der Waals surface area contributed by atoms with Gasteiger partial charge in [-0.05, 0) is 37.1 Å². The van der Waals surface area contributed by atoms with Gasteiger partial charge in [0, 0.05) is 39.1 Å². The van der Waals surface area contributed by atoms with Crippen molar-refractivity contribution < 1.29 is 19.5 Å². The summed E-state index contributed by atoms with van der Waals surface area (Å²) in [6.07, 6.45) is 2.90. The van der Waals surface area contributed by atoms with Crippen molar-refractivity contribution in [3.8, 4) is 5.75 Å². The van der Waals surface area contributed by atoms with Gasteiger partial charge in [0.25, 0.3) is 5.91 Å². The van der Waals surface area contributed by atoms with Crippen molar-refractivity contribution in [3.63, 3.8) is 0 Å². The number of fused-ring (bicyclic) bond motifs is 1. The molecule has 2 aromatic carbocycles. The van der Waals surface area contributed by atoms with E-state index in [9.17, 15) is 19.5 Å². The third kappa shape index (κ3) is 3.96. The zero-order valence-corrected chi connectivity index (χ0v) is 18.1. The van der Waals surface area contributed by atoms with E-state index in [4.69, 9.17) is 0 Å². The Hall–Kier alpha value is -3.09. The number of benzene rings is 2. The first kappa shape index (κ1) is 21.2. The van der Waals surface area contributed by atoms with Crippen molar-refractivity contribution in [2.45, 2.75) is 31.7 Å². The lowest BCUT2D eigenvalue weighted by molar-refractivity contribution is -0.141. The minimum absolute atomic E-state index is 0.0398. The highest BCUT2D eigenvalue weighted by Gasteiger charge is 2.39. The average molecular weight is 424 g/mol. The zero-order valence-electron chi connectivity index (χ0n) is 18.1. The van der Waals surface area contributed by atoms with Crippen molar-refractivity contribution in [2.24, 2.45) is 5.92 Å². The maximum Gasteiger partial charge on any atom is 0.258 e. The molecule has 2 heterocycles. The van der Waals surface area contributed by atoms with Crippen molar-refractivity contribution in [2.75, 3.05) is 33.7 Å². The van der Waals surface area contributed by atoms with E-state index in [-0.39, 0.29) is 35.0 Å². The molecule has 0 aromatic heterocycles. The summed E-state index contributed by atoms with van der Waals surface area (Å²) >= 11 is 0. The van der Waals surface area contributed by atoms with Gasteiger partial charge < -0.3 is 19.8 Å². The normalized spacial score (nSPS) is 21.4. The van der Waals surface area contributed by atoms with Crippen LogP contribution in [0.4, 0.5) is 0 Å². The quantitative estimate of drug-likeness (QED) is 0.822. The van der Waals surface area contributed by atoms with Gasteiger partial charge in [-0.2, -0.15) is 0 Å². The van der Waals surface area contributed by atoms with Crippen LogP contribution in [-0.2, 0) is 9.59 Å². The molecule has 0 saturated carbocycles. The lowest BCUT2D eigenvalue weighted by Crippen LogP contribution is -2.52. The Morgan fingerprint density at radius 2 is 1.74 bits per heavy atom. The third-order valence-electron chi connectivity index (χ3n) is 6.45. The minimum Gasteiger partial charge on any atom is -0.506 e. The molecule has 2 unspecified atom stereocenters. The number of phenolic OH excluding ortho intramolecular Hbond substituents is 1. The smallest absolute Gasteiger partial charge is 0.258 e. The molecule has 7 heteroatoms. The summed E-state index contributed by atoms with van der Waals surface area (Å²) in [6.45, 7) is 1.49. The molecular formula is C24H29N3O4. The summed E-state index contributed by atoms with van der Waals surface area (Å²) in [7, 11) is 3.47. The highest BCUT2D eigenvalue weighted by Crippen LogP contribution is 2.32. The van der Waals surface area contributed by atoms with Gasteiger partial charge in [-0.3, -0.25) is 14.4 Å². The fraction of sp³-hybridized carbons (Fsp3) is 0.458. The van der Waals surface area contributed by atoms with Gasteiger partial charge in [-0.25, -0.2) is 0 Å². The fourth-order valence-electron chi connectivity index (χ4n) is 4.80. The Kier molecular flexibility index (Phi) is 5.85. The van der Waals surface area contributed by atoms with Crippen LogP contribution in [0, 0.1) is 5.92 Å². The Bertz CT molecular complexity index is 1020. The molecule has 2 aliphatic rings. The number of rotatable bonds is 3. The molecule has 2 aromatic rings. The lowest BCUT2D eigenvalue weighted by atomic mass is 9.96. The number of phenols is 1. The van der Waals surface area contributed by atoms with Crippen molar-refractivity contribution in [1.82, 2.24) is 14.7 Å². The summed E-state index contributed by atoms with van der Waals surface area (Å²) in [6, 6.07) is 10.3. The summed E-state index contributed by atoms with van der Waals surface area (Å²) in [4.78, 5) is 43.9. The fourth-order valence-corrected chi connectivity index (χ4v) is 4.80. The van der Waals surface area contributed by atoms with Gasteiger partial charge >= 0.3 is 0 Å². The Balaban J connectivity index is 1.54. The van der Waals surface area contributed by atoms with Gasteiger partial charge in [0.15, 0.2) is 0 Å². The molecule has 4 rings (SSSR count). The predicted molar refractivity (Wildman–Crippen MR) is 118 cm³/mol. The molecule has 1 N–H and O–H groups in total. The first-order chi connectivity index (χ1) is 14.9. The number of amides is 3. The van der Waals surface area contributed by atoms with E-state index in [1.807, 2.05) is 24.3 Å². The molecule has 0 radical (unpaired) electrons. The number of aromatic hydroxyl groups is 1. The number of carbonyl (C=O) groups is 3. The highest BCUT2D eigenvalue weighted by molar-refractivity contribution is 6.05. The second kappa shape index (κ2) is 8.57. The number of likely N-dealkylation sites (tertiary alicyclic amines) is 2. The molecule has 7 nitrogen and oxygen atoms in total. The number of hydrogen-bond acceptors (Lipinski definition) is 4. The third-order valence-corrected chi connectivity index (χ3v) is 6.45. The number of piperidine rings is 1.